The van der Waals surface area contributed by atoms with E-state index in [9.17, 15) is 13.6 Å². The van der Waals surface area contributed by atoms with Crippen molar-refractivity contribution < 1.29 is 13.6 Å². The first kappa shape index (κ1) is 12.0. The fraction of sp³-hybridized carbons (Fsp3) is 0.357. The summed E-state index contributed by atoms with van der Waals surface area (Å²) in [6, 6.07) is 3.69. The van der Waals surface area contributed by atoms with Gasteiger partial charge in [0.15, 0.2) is 17.4 Å². The van der Waals surface area contributed by atoms with E-state index in [-0.39, 0.29) is 5.56 Å². The molecule has 0 aliphatic heterocycles. The van der Waals surface area contributed by atoms with E-state index in [0.717, 1.165) is 37.3 Å². The average molecular weight is 236 g/mol. The van der Waals surface area contributed by atoms with E-state index in [2.05, 4.69) is 0 Å². The minimum Gasteiger partial charge on any atom is -0.289 e. The predicted octanol–water partition coefficient (Wildman–Crippen LogP) is 4.04. The van der Waals surface area contributed by atoms with Crippen LogP contribution in [0.2, 0.25) is 0 Å². The molecular formula is C14H14F2O. The summed E-state index contributed by atoms with van der Waals surface area (Å²) in [5.41, 5.74) is 0.869. The molecule has 0 spiro atoms. The highest BCUT2D eigenvalue weighted by molar-refractivity contribution is 6.05. The van der Waals surface area contributed by atoms with E-state index in [0.29, 0.717) is 0 Å². The standard InChI is InChI=1S/C14H14F2O/c15-12-8-4-7-11(14(12)16)13(17)9-10-5-2-1-3-6-10/h4,7-9H,1-3,5-6H2. The monoisotopic (exact) mass is 236 g/mol. The third-order valence-electron chi connectivity index (χ3n) is 3.05. The molecule has 17 heavy (non-hydrogen) atoms. The number of carbonyl (C=O) groups is 1. The quantitative estimate of drug-likeness (QED) is 0.559. The fourth-order valence-electron chi connectivity index (χ4n) is 2.11. The van der Waals surface area contributed by atoms with E-state index < -0.39 is 17.4 Å². The molecule has 0 atom stereocenters. The van der Waals surface area contributed by atoms with Crippen molar-refractivity contribution in [1.29, 1.82) is 0 Å². The number of carbonyl (C=O) groups excluding carboxylic acids is 1. The van der Waals surface area contributed by atoms with Crippen molar-refractivity contribution in [2.45, 2.75) is 32.1 Å². The first-order valence-corrected chi connectivity index (χ1v) is 5.86. The molecule has 0 unspecified atom stereocenters. The number of rotatable bonds is 2. The summed E-state index contributed by atoms with van der Waals surface area (Å²) in [7, 11) is 0. The van der Waals surface area contributed by atoms with Gasteiger partial charge in [0.25, 0.3) is 0 Å². The van der Waals surface area contributed by atoms with Crippen LogP contribution in [0.4, 0.5) is 8.78 Å². The highest BCUT2D eigenvalue weighted by Crippen LogP contribution is 2.23. The van der Waals surface area contributed by atoms with Crippen molar-refractivity contribution in [2.24, 2.45) is 0 Å². The Morgan fingerprint density at radius 3 is 2.53 bits per heavy atom. The Morgan fingerprint density at radius 1 is 1.12 bits per heavy atom. The van der Waals surface area contributed by atoms with Crippen LogP contribution in [0.1, 0.15) is 42.5 Å². The molecule has 3 heteroatoms. The lowest BCUT2D eigenvalue weighted by Crippen LogP contribution is -2.04. The van der Waals surface area contributed by atoms with Gasteiger partial charge in [-0.1, -0.05) is 18.1 Å². The number of ketones is 1. The number of halogens is 2. The van der Waals surface area contributed by atoms with Crippen molar-refractivity contribution >= 4 is 5.78 Å². The molecule has 1 saturated carbocycles. The molecule has 1 aromatic carbocycles. The lowest BCUT2D eigenvalue weighted by Gasteiger charge is -2.12. The van der Waals surface area contributed by atoms with E-state index in [4.69, 9.17) is 0 Å². The highest BCUT2D eigenvalue weighted by atomic mass is 19.2. The second kappa shape index (κ2) is 5.21. The van der Waals surface area contributed by atoms with Crippen molar-refractivity contribution in [3.05, 3.63) is 47.0 Å². The van der Waals surface area contributed by atoms with Crippen LogP contribution in [0.5, 0.6) is 0 Å². The molecule has 1 fully saturated rings. The summed E-state index contributed by atoms with van der Waals surface area (Å²) in [6.07, 6.45) is 6.58. The first-order chi connectivity index (χ1) is 8.18. The molecule has 0 saturated heterocycles. The summed E-state index contributed by atoms with van der Waals surface area (Å²) in [5.74, 6) is -2.46. The van der Waals surface area contributed by atoms with Gasteiger partial charge in [0.2, 0.25) is 0 Å². The number of allylic oxidation sites excluding steroid dienone is 2. The van der Waals surface area contributed by atoms with Crippen LogP contribution in [0, 0.1) is 11.6 Å². The average Bonchev–Trinajstić information content (AvgIpc) is 2.34. The zero-order valence-corrected chi connectivity index (χ0v) is 9.51. The number of hydrogen-bond acceptors (Lipinski definition) is 1. The maximum Gasteiger partial charge on any atom is 0.188 e. The second-order valence-corrected chi connectivity index (χ2v) is 4.33. The molecule has 0 heterocycles. The van der Waals surface area contributed by atoms with Gasteiger partial charge in [-0.25, -0.2) is 8.78 Å². The fourth-order valence-corrected chi connectivity index (χ4v) is 2.11. The molecule has 0 bridgehead atoms. The minimum atomic E-state index is -1.05. The van der Waals surface area contributed by atoms with Crippen LogP contribution in [-0.2, 0) is 0 Å². The van der Waals surface area contributed by atoms with E-state index >= 15 is 0 Å². The third kappa shape index (κ3) is 2.78. The van der Waals surface area contributed by atoms with Crippen molar-refractivity contribution in [1.82, 2.24) is 0 Å². The van der Waals surface area contributed by atoms with Gasteiger partial charge in [-0.2, -0.15) is 0 Å². The van der Waals surface area contributed by atoms with Gasteiger partial charge in [-0.15, -0.1) is 0 Å². The summed E-state index contributed by atoms with van der Waals surface area (Å²) in [4.78, 5) is 11.8. The lowest BCUT2D eigenvalue weighted by atomic mass is 9.93. The molecule has 0 amide bonds. The zero-order chi connectivity index (χ0) is 12.3. The Hall–Kier alpha value is -1.51. The minimum absolute atomic E-state index is 0.178. The van der Waals surface area contributed by atoms with Crippen LogP contribution in [-0.4, -0.2) is 5.78 Å². The van der Waals surface area contributed by atoms with Gasteiger partial charge in [0.05, 0.1) is 5.56 Å². The Balaban J connectivity index is 2.22. The molecule has 1 aliphatic rings. The normalized spacial score (nSPS) is 15.8. The van der Waals surface area contributed by atoms with Crippen molar-refractivity contribution in [3.63, 3.8) is 0 Å². The SMILES string of the molecule is O=C(C=C1CCCCC1)c1cccc(F)c1F. The van der Waals surface area contributed by atoms with Gasteiger partial charge >= 0.3 is 0 Å². The Bertz CT molecular complexity index is 455. The largest absolute Gasteiger partial charge is 0.289 e. The maximum atomic E-state index is 13.4. The second-order valence-electron chi connectivity index (χ2n) is 4.33. The lowest BCUT2D eigenvalue weighted by molar-refractivity contribution is 0.104. The van der Waals surface area contributed by atoms with Crippen LogP contribution in [0.15, 0.2) is 29.8 Å². The Labute approximate surface area is 99.1 Å². The summed E-state index contributed by atoms with van der Waals surface area (Å²) >= 11 is 0. The van der Waals surface area contributed by atoms with Crippen LogP contribution >= 0.6 is 0 Å². The topological polar surface area (TPSA) is 17.1 Å². The van der Waals surface area contributed by atoms with Crippen molar-refractivity contribution in [3.8, 4) is 0 Å². The molecule has 0 radical (unpaired) electrons. The van der Waals surface area contributed by atoms with Crippen molar-refractivity contribution in [2.75, 3.05) is 0 Å². The molecule has 90 valence electrons. The van der Waals surface area contributed by atoms with Gasteiger partial charge in [0, 0.05) is 0 Å². The van der Waals surface area contributed by atoms with Crippen LogP contribution in [0.25, 0.3) is 0 Å². The first-order valence-electron chi connectivity index (χ1n) is 5.86. The number of hydrogen-bond donors (Lipinski definition) is 0. The summed E-state index contributed by atoms with van der Waals surface area (Å²) < 4.78 is 26.4. The zero-order valence-electron chi connectivity index (χ0n) is 9.51. The number of benzene rings is 1. The Morgan fingerprint density at radius 2 is 1.82 bits per heavy atom. The predicted molar refractivity (Wildman–Crippen MR) is 61.9 cm³/mol. The Kier molecular flexibility index (Phi) is 3.67. The van der Waals surface area contributed by atoms with Gasteiger partial charge in [-0.3, -0.25) is 4.79 Å². The molecular weight excluding hydrogens is 222 g/mol. The molecule has 1 nitrogen and oxygen atoms in total. The van der Waals surface area contributed by atoms with E-state index in [1.165, 1.54) is 24.6 Å². The smallest absolute Gasteiger partial charge is 0.188 e. The van der Waals surface area contributed by atoms with Gasteiger partial charge in [0.1, 0.15) is 0 Å². The van der Waals surface area contributed by atoms with Gasteiger partial charge in [-0.05, 0) is 43.9 Å². The highest BCUT2D eigenvalue weighted by Gasteiger charge is 2.14. The molecule has 1 aromatic rings. The van der Waals surface area contributed by atoms with Crippen LogP contribution < -0.4 is 0 Å². The summed E-state index contributed by atoms with van der Waals surface area (Å²) in [6.45, 7) is 0. The maximum absolute atomic E-state index is 13.4. The molecule has 0 aromatic heterocycles. The third-order valence-corrected chi connectivity index (χ3v) is 3.05. The summed E-state index contributed by atoms with van der Waals surface area (Å²) in [5, 5.41) is 0. The molecule has 1 aliphatic carbocycles. The molecule has 2 rings (SSSR count). The van der Waals surface area contributed by atoms with E-state index in [1.54, 1.807) is 0 Å². The van der Waals surface area contributed by atoms with Crippen LogP contribution in [0.3, 0.4) is 0 Å². The van der Waals surface area contributed by atoms with Gasteiger partial charge < -0.3 is 0 Å². The molecule has 0 N–H and O–H groups in total. The van der Waals surface area contributed by atoms with E-state index in [1.807, 2.05) is 0 Å².